The van der Waals surface area contributed by atoms with Crippen molar-refractivity contribution in [2.24, 2.45) is 0 Å². The average Bonchev–Trinajstić information content (AvgIpc) is 3.16. The highest BCUT2D eigenvalue weighted by Crippen LogP contribution is 2.38. The number of pyridine rings is 2. The largest absolute Gasteiger partial charge is 0.462 e. The van der Waals surface area contributed by atoms with Crippen molar-refractivity contribution >= 4 is 97.5 Å². The first-order valence-corrected chi connectivity index (χ1v) is 19.9. The Labute approximate surface area is 358 Å². The van der Waals surface area contributed by atoms with Crippen molar-refractivity contribution in [3.63, 3.8) is 0 Å². The normalized spacial score (nSPS) is 10.9. The van der Waals surface area contributed by atoms with E-state index >= 15 is 0 Å². The Morgan fingerprint density at radius 2 is 1.02 bits per heavy atom. The topological polar surface area (TPSA) is 88.1 Å². The van der Waals surface area contributed by atoms with Gasteiger partial charge in [0.15, 0.2) is 5.82 Å². The molecule has 0 amide bonds. The fraction of sp³-hybridized carbons (Fsp3) is 0.273. The molecule has 14 heteroatoms. The predicted molar refractivity (Wildman–Crippen MR) is 237 cm³/mol. The van der Waals surface area contributed by atoms with E-state index in [2.05, 4.69) is 4.98 Å². The van der Waals surface area contributed by atoms with E-state index < -0.39 is 17.8 Å². The van der Waals surface area contributed by atoms with Gasteiger partial charge in [-0.1, -0.05) is 82.8 Å². The van der Waals surface area contributed by atoms with Gasteiger partial charge >= 0.3 is 11.9 Å². The van der Waals surface area contributed by atoms with Gasteiger partial charge in [0.1, 0.15) is 28.3 Å². The second kappa shape index (κ2) is 19.3. The lowest BCUT2D eigenvalue weighted by molar-refractivity contribution is 0.0516. The van der Waals surface area contributed by atoms with E-state index in [4.69, 9.17) is 60.9 Å². The number of carbonyl (C=O) groups excluding carboxylic acids is 2. The summed E-state index contributed by atoms with van der Waals surface area (Å²) >= 11 is 25.4. The van der Waals surface area contributed by atoms with Crippen LogP contribution in [0.3, 0.4) is 0 Å². The lowest BCUT2D eigenvalue weighted by Crippen LogP contribution is -2.21. The molecule has 0 bridgehead atoms. The van der Waals surface area contributed by atoms with Crippen molar-refractivity contribution < 1.29 is 23.5 Å². The summed E-state index contributed by atoms with van der Waals surface area (Å²) < 4.78 is 25.3. The zero-order valence-electron chi connectivity index (χ0n) is 33.5. The third-order valence-electron chi connectivity index (χ3n) is 9.16. The third kappa shape index (κ3) is 9.69. The van der Waals surface area contributed by atoms with Crippen LogP contribution in [-0.4, -0.2) is 77.4 Å². The first-order valence-electron chi connectivity index (χ1n) is 18.4. The molecule has 9 nitrogen and oxygen atoms in total. The summed E-state index contributed by atoms with van der Waals surface area (Å²) in [4.78, 5) is 40.6. The standard InChI is InChI=1S/C23H25Cl2N3O2.C21H19Cl2FN2O2/c1-6-30-23(29)20-16(11-14-9-7-8-10-18(14)25)17-12-15(24)13-19(27(2)3)21(17)26-22(20)28(4)5;1-4-28-21(27)18-14(9-12-7-5-6-8-16(12)23)15-10-13(22)11-17(24)19(15)25-20(18)26(2)3/h7-10,12-13H,6,11H2,1-5H3;5-8,10-11H,4,9H2,1-3H3. The van der Waals surface area contributed by atoms with Crippen molar-refractivity contribution in [2.75, 3.05) is 70.2 Å². The van der Waals surface area contributed by atoms with Gasteiger partial charge in [0.2, 0.25) is 0 Å². The number of benzene rings is 4. The van der Waals surface area contributed by atoms with E-state index in [1.165, 1.54) is 6.07 Å². The van der Waals surface area contributed by atoms with E-state index in [0.29, 0.717) is 56.1 Å². The fourth-order valence-corrected chi connectivity index (χ4v) is 7.38. The van der Waals surface area contributed by atoms with Gasteiger partial charge in [-0.15, -0.1) is 0 Å². The van der Waals surface area contributed by atoms with Gasteiger partial charge in [-0.25, -0.2) is 23.9 Å². The summed E-state index contributed by atoms with van der Waals surface area (Å²) in [6, 6.07) is 21.5. The minimum atomic E-state index is -0.554. The zero-order valence-corrected chi connectivity index (χ0v) is 36.5. The Kier molecular flexibility index (Phi) is 14.7. The average molecular weight is 868 g/mol. The quantitative estimate of drug-likeness (QED) is 0.118. The van der Waals surface area contributed by atoms with Crippen LogP contribution in [0.25, 0.3) is 21.8 Å². The maximum atomic E-state index is 14.7. The van der Waals surface area contributed by atoms with E-state index in [9.17, 15) is 14.0 Å². The van der Waals surface area contributed by atoms with Crippen LogP contribution in [-0.2, 0) is 22.3 Å². The lowest BCUT2D eigenvalue weighted by Gasteiger charge is -2.23. The smallest absolute Gasteiger partial charge is 0.342 e. The molecule has 0 radical (unpaired) electrons. The minimum absolute atomic E-state index is 0.142. The molecule has 6 aromatic rings. The molecule has 0 aliphatic heterocycles. The predicted octanol–water partition coefficient (Wildman–Crippen LogP) is 11.0. The minimum Gasteiger partial charge on any atom is -0.462 e. The Morgan fingerprint density at radius 1 is 0.603 bits per heavy atom. The summed E-state index contributed by atoms with van der Waals surface area (Å²) in [7, 11) is 11.1. The maximum absolute atomic E-state index is 14.7. The van der Waals surface area contributed by atoms with Crippen LogP contribution in [0.2, 0.25) is 20.1 Å². The molecule has 2 heterocycles. The molecule has 2 aromatic heterocycles. The molecule has 0 atom stereocenters. The highest BCUT2D eigenvalue weighted by molar-refractivity contribution is 6.33. The zero-order chi connectivity index (χ0) is 42.4. The Bertz CT molecular complexity index is 2500. The number of halogens is 5. The van der Waals surface area contributed by atoms with Crippen molar-refractivity contribution in [1.82, 2.24) is 9.97 Å². The Hall–Kier alpha value is -4.87. The molecule has 0 saturated carbocycles. The number of aromatic nitrogens is 2. The summed E-state index contributed by atoms with van der Waals surface area (Å²) in [5.74, 6) is -0.615. The van der Waals surface area contributed by atoms with Crippen LogP contribution in [0.15, 0.2) is 72.8 Å². The molecular formula is C44H44Cl4FN5O4. The molecule has 0 fully saturated rings. The van der Waals surface area contributed by atoms with Crippen LogP contribution in [0, 0.1) is 5.82 Å². The highest BCUT2D eigenvalue weighted by atomic mass is 35.5. The van der Waals surface area contributed by atoms with Gasteiger partial charge in [-0.3, -0.25) is 0 Å². The number of carbonyl (C=O) groups is 2. The second-order valence-electron chi connectivity index (χ2n) is 13.8. The Balaban J connectivity index is 0.000000221. The van der Waals surface area contributed by atoms with Gasteiger partial charge < -0.3 is 24.2 Å². The molecule has 0 N–H and O–H groups in total. The van der Waals surface area contributed by atoms with Gasteiger partial charge in [-0.2, -0.15) is 0 Å². The number of anilines is 3. The van der Waals surface area contributed by atoms with E-state index in [1.807, 2.05) is 92.6 Å². The lowest BCUT2D eigenvalue weighted by atomic mass is 9.95. The molecule has 0 aliphatic rings. The number of rotatable bonds is 11. The van der Waals surface area contributed by atoms with E-state index in [-0.39, 0.29) is 29.3 Å². The van der Waals surface area contributed by atoms with E-state index in [0.717, 1.165) is 33.3 Å². The Morgan fingerprint density at radius 3 is 1.43 bits per heavy atom. The highest BCUT2D eigenvalue weighted by Gasteiger charge is 2.27. The molecule has 0 spiro atoms. The van der Waals surface area contributed by atoms with Crippen LogP contribution in [0.5, 0.6) is 0 Å². The molecule has 0 unspecified atom stereocenters. The monoisotopic (exact) mass is 865 g/mol. The van der Waals surface area contributed by atoms with Gasteiger partial charge in [-0.05, 0) is 72.5 Å². The number of hydrogen-bond acceptors (Lipinski definition) is 9. The van der Waals surface area contributed by atoms with Gasteiger partial charge in [0.05, 0.1) is 24.4 Å². The molecule has 6 rings (SSSR count). The third-order valence-corrected chi connectivity index (χ3v) is 10.3. The number of esters is 2. The van der Waals surface area contributed by atoms with Crippen LogP contribution in [0.1, 0.15) is 56.8 Å². The van der Waals surface area contributed by atoms with Crippen LogP contribution >= 0.6 is 46.4 Å². The SMILES string of the molecule is CCOC(=O)c1c(N(C)C)nc2c(F)cc(Cl)cc2c1Cc1ccccc1Cl.CCOC(=O)c1c(N(C)C)nc2c(N(C)C)cc(Cl)cc2c1Cc1ccccc1Cl. The summed E-state index contributed by atoms with van der Waals surface area (Å²) in [5, 5.41) is 3.24. The van der Waals surface area contributed by atoms with Crippen molar-refractivity contribution in [3.05, 3.63) is 132 Å². The summed E-state index contributed by atoms with van der Waals surface area (Å²) in [5.41, 5.74) is 5.56. The molecule has 0 aliphatic carbocycles. The molecule has 0 saturated heterocycles. The molecule has 58 heavy (non-hydrogen) atoms. The van der Waals surface area contributed by atoms with Crippen molar-refractivity contribution in [3.8, 4) is 0 Å². The summed E-state index contributed by atoms with van der Waals surface area (Å²) in [6.45, 7) is 4.00. The van der Waals surface area contributed by atoms with Crippen LogP contribution < -0.4 is 14.7 Å². The second-order valence-corrected chi connectivity index (χ2v) is 15.5. The molecule has 304 valence electrons. The summed E-state index contributed by atoms with van der Waals surface area (Å²) in [6.07, 6.45) is 0.744. The van der Waals surface area contributed by atoms with Crippen LogP contribution in [0.4, 0.5) is 21.7 Å². The van der Waals surface area contributed by atoms with Crippen molar-refractivity contribution in [2.45, 2.75) is 26.7 Å². The maximum Gasteiger partial charge on any atom is 0.342 e. The van der Waals surface area contributed by atoms with Gasteiger partial charge in [0.25, 0.3) is 0 Å². The number of fused-ring (bicyclic) bond motifs is 2. The first-order chi connectivity index (χ1) is 27.6. The fourth-order valence-electron chi connectivity index (χ4n) is 6.56. The van der Waals surface area contributed by atoms with E-state index in [1.54, 1.807) is 45.0 Å². The van der Waals surface area contributed by atoms with Gasteiger partial charge in [0, 0.05) is 86.0 Å². The molecule has 4 aromatic carbocycles. The molecular weight excluding hydrogens is 823 g/mol. The first kappa shape index (κ1) is 44.2. The number of nitrogens with zero attached hydrogens (tertiary/aromatic N) is 5. The number of hydrogen-bond donors (Lipinski definition) is 0. The van der Waals surface area contributed by atoms with Crippen molar-refractivity contribution in [1.29, 1.82) is 0 Å². The number of ether oxygens (including phenoxy) is 2.